The van der Waals surface area contributed by atoms with Gasteiger partial charge in [0.2, 0.25) is 0 Å². The molecule has 0 radical (unpaired) electrons. The highest BCUT2D eigenvalue weighted by Gasteiger charge is 2.16. The first kappa shape index (κ1) is 21.9. The first-order valence-electron chi connectivity index (χ1n) is 8.34. The van der Waals surface area contributed by atoms with Gasteiger partial charge in [-0.2, -0.15) is 0 Å². The number of nitrogens with zero attached hydrogens (tertiary/aromatic N) is 2. The van der Waals surface area contributed by atoms with E-state index in [9.17, 15) is 34.6 Å². The molecule has 0 unspecified atom stereocenters. The molecule has 30 heavy (non-hydrogen) atoms. The van der Waals surface area contributed by atoms with Gasteiger partial charge in [-0.15, -0.1) is 0 Å². The van der Waals surface area contributed by atoms with Crippen molar-refractivity contribution in [3.63, 3.8) is 0 Å². The zero-order valence-corrected chi connectivity index (χ0v) is 15.4. The third kappa shape index (κ3) is 5.80. The molecule has 0 aliphatic rings. The summed E-state index contributed by atoms with van der Waals surface area (Å²) in [6.07, 6.45) is 0. The van der Waals surface area contributed by atoms with Gasteiger partial charge in [-0.3, -0.25) is 50.9 Å². The number of hydrazine groups is 2. The van der Waals surface area contributed by atoms with Crippen molar-refractivity contribution in [3.05, 3.63) is 79.9 Å². The summed E-state index contributed by atoms with van der Waals surface area (Å²) in [6, 6.07) is 8.64. The monoisotopic (exact) mass is 416 g/mol. The summed E-state index contributed by atoms with van der Waals surface area (Å²) < 4.78 is 0. The Kier molecular flexibility index (Phi) is 7.08. The maximum atomic E-state index is 12.0. The van der Waals surface area contributed by atoms with Crippen molar-refractivity contribution in [2.24, 2.45) is 0 Å². The van der Waals surface area contributed by atoms with E-state index in [2.05, 4.69) is 21.7 Å². The Morgan fingerprint density at radius 1 is 0.733 bits per heavy atom. The number of carbonyl (C=O) groups excluding carboxylic acids is 3. The molecule has 0 aromatic heterocycles. The van der Waals surface area contributed by atoms with E-state index in [0.29, 0.717) is 0 Å². The van der Waals surface area contributed by atoms with Gasteiger partial charge < -0.3 is 0 Å². The number of non-ortho nitro benzene ring substituents is 2. The average molecular weight is 416 g/mol. The van der Waals surface area contributed by atoms with Gasteiger partial charge in [0.15, 0.2) is 0 Å². The molecule has 0 spiro atoms. The van der Waals surface area contributed by atoms with Crippen molar-refractivity contribution in [1.29, 1.82) is 0 Å². The number of rotatable bonds is 7. The van der Waals surface area contributed by atoms with Crippen LogP contribution in [0.3, 0.4) is 0 Å². The van der Waals surface area contributed by atoms with E-state index in [1.165, 1.54) is 43.3 Å². The summed E-state index contributed by atoms with van der Waals surface area (Å²) in [4.78, 5) is 55.9. The lowest BCUT2D eigenvalue weighted by atomic mass is 10.2. The predicted molar refractivity (Wildman–Crippen MR) is 102 cm³/mol. The molecule has 13 nitrogen and oxygen atoms in total. The maximum Gasteiger partial charge on any atom is 0.269 e. The van der Waals surface area contributed by atoms with Crippen LogP contribution in [0.1, 0.15) is 27.6 Å². The summed E-state index contributed by atoms with van der Waals surface area (Å²) in [5, 5.41) is 21.2. The molecule has 156 valence electrons. The molecule has 0 saturated heterocycles. The molecule has 2 aromatic rings. The van der Waals surface area contributed by atoms with Gasteiger partial charge in [-0.25, -0.2) is 5.43 Å². The molecule has 2 rings (SSSR count). The Morgan fingerprint density at radius 3 is 1.53 bits per heavy atom. The quantitative estimate of drug-likeness (QED) is 0.373. The van der Waals surface area contributed by atoms with Crippen molar-refractivity contribution >= 4 is 29.1 Å². The van der Waals surface area contributed by atoms with Crippen molar-refractivity contribution in [2.75, 3.05) is 0 Å². The van der Waals surface area contributed by atoms with Crippen LogP contribution >= 0.6 is 0 Å². The highest BCUT2D eigenvalue weighted by atomic mass is 16.6. The lowest BCUT2D eigenvalue weighted by molar-refractivity contribution is -0.385. The fraction of sp³-hybridized carbons (Fsp3) is 0.118. The molecule has 0 bridgehead atoms. The fourth-order valence-corrected chi connectivity index (χ4v) is 2.08. The average Bonchev–Trinajstić information content (AvgIpc) is 2.75. The van der Waals surface area contributed by atoms with E-state index in [-0.39, 0.29) is 22.5 Å². The normalized spacial score (nSPS) is 11.1. The molecule has 0 aliphatic heterocycles. The predicted octanol–water partition coefficient (Wildman–Crippen LogP) is 0.587. The first-order valence-corrected chi connectivity index (χ1v) is 8.34. The Bertz CT molecular complexity index is 975. The molecule has 0 heterocycles. The molecule has 4 N–H and O–H groups in total. The standard InChI is InChI=1S/C17H16N6O7/c1-10(18-20-16(25)11-2-6-13(7-3-11)22(27)28)15(24)19-21-17(26)12-4-8-14(9-5-12)23(29)30/h2-10,18H,1H3,(H,19,24)(H,20,25)(H,21,26)/t10-/m0/s1. The van der Waals surface area contributed by atoms with E-state index in [1.54, 1.807) is 0 Å². The maximum absolute atomic E-state index is 12.0. The number of nitro benzene ring substituents is 2. The van der Waals surface area contributed by atoms with Crippen LogP contribution in [0.25, 0.3) is 0 Å². The minimum absolute atomic E-state index is 0.0907. The van der Waals surface area contributed by atoms with Crippen molar-refractivity contribution < 1.29 is 24.2 Å². The minimum Gasteiger partial charge on any atom is -0.287 e. The van der Waals surface area contributed by atoms with Crippen LogP contribution in [0, 0.1) is 20.2 Å². The second kappa shape index (κ2) is 9.70. The highest BCUT2D eigenvalue weighted by Crippen LogP contribution is 2.12. The van der Waals surface area contributed by atoms with Crippen LogP contribution in [0.15, 0.2) is 48.5 Å². The Balaban J connectivity index is 1.81. The van der Waals surface area contributed by atoms with Crippen LogP contribution in [-0.2, 0) is 4.79 Å². The summed E-state index contributed by atoms with van der Waals surface area (Å²) in [6.45, 7) is 1.41. The van der Waals surface area contributed by atoms with E-state index in [0.717, 1.165) is 12.1 Å². The number of amides is 3. The van der Waals surface area contributed by atoms with Gasteiger partial charge in [0, 0.05) is 35.4 Å². The molecule has 2 aromatic carbocycles. The SMILES string of the molecule is C[C@H](NNC(=O)c1ccc([N+](=O)[O-])cc1)C(=O)NNC(=O)c1ccc([N+](=O)[O-])cc1. The van der Waals surface area contributed by atoms with E-state index >= 15 is 0 Å². The van der Waals surface area contributed by atoms with Gasteiger partial charge >= 0.3 is 0 Å². The molecule has 0 fully saturated rings. The lowest BCUT2D eigenvalue weighted by Gasteiger charge is -2.15. The first-order chi connectivity index (χ1) is 14.2. The van der Waals surface area contributed by atoms with Gasteiger partial charge in [0.25, 0.3) is 29.1 Å². The summed E-state index contributed by atoms with van der Waals surface area (Å²) in [7, 11) is 0. The Labute approximate surface area is 168 Å². The van der Waals surface area contributed by atoms with Crippen LogP contribution in [-0.4, -0.2) is 33.6 Å². The molecule has 0 aliphatic carbocycles. The second-order valence-corrected chi connectivity index (χ2v) is 5.87. The third-order valence-corrected chi connectivity index (χ3v) is 3.78. The van der Waals surface area contributed by atoms with Gasteiger partial charge in [0.1, 0.15) is 6.04 Å². The smallest absolute Gasteiger partial charge is 0.269 e. The molecular formula is C17H16N6O7. The zero-order chi connectivity index (χ0) is 22.3. The molecular weight excluding hydrogens is 400 g/mol. The fourth-order valence-electron chi connectivity index (χ4n) is 2.08. The number of carbonyl (C=O) groups is 3. The minimum atomic E-state index is -0.954. The van der Waals surface area contributed by atoms with Crippen LogP contribution < -0.4 is 21.7 Å². The molecule has 13 heteroatoms. The summed E-state index contributed by atoms with van der Waals surface area (Å²) in [5.74, 6) is -2.01. The number of hydrogen-bond acceptors (Lipinski definition) is 8. The van der Waals surface area contributed by atoms with Gasteiger partial charge in [-0.1, -0.05) is 0 Å². The Hall–Kier alpha value is -4.39. The zero-order valence-electron chi connectivity index (χ0n) is 15.4. The topological polar surface area (TPSA) is 186 Å². The van der Waals surface area contributed by atoms with E-state index < -0.39 is 33.6 Å². The summed E-state index contributed by atoms with van der Waals surface area (Å²) >= 11 is 0. The van der Waals surface area contributed by atoms with Crippen LogP contribution in [0.5, 0.6) is 0 Å². The van der Waals surface area contributed by atoms with Crippen LogP contribution in [0.4, 0.5) is 11.4 Å². The molecule has 0 saturated carbocycles. The summed E-state index contributed by atoms with van der Waals surface area (Å²) in [5.41, 5.74) is 8.85. The van der Waals surface area contributed by atoms with Gasteiger partial charge in [-0.05, 0) is 31.2 Å². The van der Waals surface area contributed by atoms with Gasteiger partial charge in [0.05, 0.1) is 9.85 Å². The molecule has 3 amide bonds. The van der Waals surface area contributed by atoms with Crippen molar-refractivity contribution in [2.45, 2.75) is 13.0 Å². The number of nitrogens with one attached hydrogen (secondary N) is 4. The van der Waals surface area contributed by atoms with E-state index in [1.807, 2.05) is 0 Å². The lowest BCUT2D eigenvalue weighted by Crippen LogP contribution is -2.54. The Morgan fingerprint density at radius 2 is 1.13 bits per heavy atom. The number of nitro groups is 2. The highest BCUT2D eigenvalue weighted by molar-refractivity contribution is 5.96. The van der Waals surface area contributed by atoms with Crippen molar-refractivity contribution in [3.8, 4) is 0 Å². The van der Waals surface area contributed by atoms with E-state index in [4.69, 9.17) is 0 Å². The van der Waals surface area contributed by atoms with Crippen molar-refractivity contribution in [1.82, 2.24) is 21.7 Å². The van der Waals surface area contributed by atoms with Crippen LogP contribution in [0.2, 0.25) is 0 Å². The second-order valence-electron chi connectivity index (χ2n) is 5.87. The largest absolute Gasteiger partial charge is 0.287 e. The number of hydrogen-bond donors (Lipinski definition) is 4. The number of benzene rings is 2. The molecule has 1 atom stereocenters. The third-order valence-electron chi connectivity index (χ3n) is 3.78.